The van der Waals surface area contributed by atoms with Crippen molar-refractivity contribution in [1.82, 2.24) is 4.57 Å². The number of hydrogen-bond donors (Lipinski definition) is 0. The highest BCUT2D eigenvalue weighted by Crippen LogP contribution is 2.20. The summed E-state index contributed by atoms with van der Waals surface area (Å²) in [4.78, 5) is 10.7. The summed E-state index contributed by atoms with van der Waals surface area (Å²) in [6.07, 6.45) is 0. The molecule has 3 rings (SSSR count). The maximum Gasteiger partial charge on any atom is 0.269 e. The second-order valence-corrected chi connectivity index (χ2v) is 4.70. The second-order valence-electron chi connectivity index (χ2n) is 4.35. The molecule has 5 nitrogen and oxygen atoms in total. The first-order chi connectivity index (χ1) is 9.65. The first kappa shape index (κ1) is 12.6. The third-order valence-electron chi connectivity index (χ3n) is 3.04. The predicted octanol–water partition coefficient (Wildman–Crippen LogP) is 3.92. The van der Waals surface area contributed by atoms with Crippen molar-refractivity contribution in [3.63, 3.8) is 0 Å². The van der Waals surface area contributed by atoms with Crippen LogP contribution in [0.2, 0.25) is 0 Å². The molecule has 0 saturated carbocycles. The van der Waals surface area contributed by atoms with Gasteiger partial charge in [-0.05, 0) is 29.9 Å². The molecule has 0 aliphatic rings. The van der Waals surface area contributed by atoms with Crippen LogP contribution in [-0.2, 0) is 6.54 Å². The van der Waals surface area contributed by atoms with Gasteiger partial charge in [0.05, 0.1) is 17.0 Å². The summed E-state index contributed by atoms with van der Waals surface area (Å²) in [7, 11) is 0. The van der Waals surface area contributed by atoms with Gasteiger partial charge in [0.25, 0.3) is 10.5 Å². The number of nitro benzene ring substituents is 1. The van der Waals surface area contributed by atoms with Gasteiger partial charge >= 0.3 is 0 Å². The molecule has 0 radical (unpaired) electrons. The Morgan fingerprint density at radius 3 is 2.80 bits per heavy atom. The van der Waals surface area contributed by atoms with E-state index in [4.69, 9.17) is 16.6 Å². The molecule has 0 fully saturated rings. The van der Waals surface area contributed by atoms with Crippen LogP contribution in [0.1, 0.15) is 5.56 Å². The van der Waals surface area contributed by atoms with Crippen molar-refractivity contribution >= 4 is 29.0 Å². The standard InChI is InChI=1S/C14H10N2O3S/c17-16(18)11-5-3-4-10(8-11)9-15-12-6-1-2-7-13(12)19-14(15)20/h1-8H,9H2. The van der Waals surface area contributed by atoms with E-state index in [-0.39, 0.29) is 5.69 Å². The molecule has 0 atom stereocenters. The van der Waals surface area contributed by atoms with Gasteiger partial charge in [-0.3, -0.25) is 14.7 Å². The molecule has 0 unspecified atom stereocenters. The molecular weight excluding hydrogens is 276 g/mol. The molecule has 0 bridgehead atoms. The highest BCUT2D eigenvalue weighted by Gasteiger charge is 2.09. The molecule has 0 aliphatic carbocycles. The molecule has 100 valence electrons. The number of nitrogens with zero attached hydrogens (tertiary/aromatic N) is 2. The number of aromatic nitrogens is 1. The molecule has 0 saturated heterocycles. The van der Waals surface area contributed by atoms with Crippen LogP contribution in [0.25, 0.3) is 11.1 Å². The lowest BCUT2D eigenvalue weighted by atomic mass is 10.2. The summed E-state index contributed by atoms with van der Waals surface area (Å²) >= 11 is 5.20. The van der Waals surface area contributed by atoms with E-state index in [0.29, 0.717) is 17.0 Å². The maximum absolute atomic E-state index is 10.8. The number of fused-ring (bicyclic) bond motifs is 1. The van der Waals surface area contributed by atoms with E-state index in [9.17, 15) is 10.1 Å². The van der Waals surface area contributed by atoms with Gasteiger partial charge in [0.1, 0.15) is 0 Å². The van der Waals surface area contributed by atoms with E-state index < -0.39 is 4.92 Å². The largest absolute Gasteiger partial charge is 0.429 e. The quantitative estimate of drug-likeness (QED) is 0.416. The van der Waals surface area contributed by atoms with E-state index >= 15 is 0 Å². The number of non-ortho nitro benzene ring substituents is 1. The summed E-state index contributed by atoms with van der Waals surface area (Å²) in [6, 6.07) is 14.0. The number of para-hydroxylation sites is 2. The lowest BCUT2D eigenvalue weighted by Crippen LogP contribution is -2.00. The number of oxazole rings is 1. The molecule has 0 N–H and O–H groups in total. The smallest absolute Gasteiger partial charge is 0.269 e. The van der Waals surface area contributed by atoms with Gasteiger partial charge in [-0.2, -0.15) is 0 Å². The second kappa shape index (κ2) is 4.90. The zero-order valence-electron chi connectivity index (χ0n) is 10.4. The van der Waals surface area contributed by atoms with E-state index in [2.05, 4.69) is 0 Å². The maximum atomic E-state index is 10.8. The van der Waals surface area contributed by atoms with Crippen LogP contribution < -0.4 is 0 Å². The molecule has 2 aromatic carbocycles. The summed E-state index contributed by atoms with van der Waals surface area (Å²) in [5, 5.41) is 10.8. The minimum absolute atomic E-state index is 0.0711. The normalized spacial score (nSPS) is 10.8. The average molecular weight is 286 g/mol. The Hall–Kier alpha value is -2.47. The molecule has 3 aromatic rings. The van der Waals surface area contributed by atoms with Crippen LogP contribution in [0, 0.1) is 15.0 Å². The summed E-state index contributed by atoms with van der Waals surface area (Å²) < 4.78 is 7.32. The Kier molecular flexibility index (Phi) is 3.08. The van der Waals surface area contributed by atoms with Crippen molar-refractivity contribution in [2.75, 3.05) is 0 Å². The zero-order chi connectivity index (χ0) is 14.1. The van der Waals surface area contributed by atoms with Crippen molar-refractivity contribution in [3.05, 3.63) is 69.0 Å². The fourth-order valence-corrected chi connectivity index (χ4v) is 2.37. The molecule has 1 heterocycles. The van der Waals surface area contributed by atoms with Crippen molar-refractivity contribution in [3.8, 4) is 0 Å². The fourth-order valence-electron chi connectivity index (χ4n) is 2.11. The Labute approximate surface area is 119 Å². The van der Waals surface area contributed by atoms with Gasteiger partial charge in [-0.25, -0.2) is 0 Å². The van der Waals surface area contributed by atoms with Gasteiger partial charge in [0.2, 0.25) is 0 Å². The van der Waals surface area contributed by atoms with Crippen LogP contribution in [0.5, 0.6) is 0 Å². The van der Waals surface area contributed by atoms with Gasteiger partial charge in [0.15, 0.2) is 5.58 Å². The lowest BCUT2D eigenvalue weighted by molar-refractivity contribution is -0.384. The Morgan fingerprint density at radius 1 is 1.20 bits per heavy atom. The average Bonchev–Trinajstić information content (AvgIpc) is 2.76. The van der Waals surface area contributed by atoms with Gasteiger partial charge in [0, 0.05) is 12.1 Å². The number of hydrogen-bond acceptors (Lipinski definition) is 4. The minimum Gasteiger partial charge on any atom is -0.429 e. The van der Waals surface area contributed by atoms with Crippen molar-refractivity contribution in [1.29, 1.82) is 0 Å². The van der Waals surface area contributed by atoms with E-state index in [0.717, 1.165) is 11.1 Å². The molecular formula is C14H10N2O3S. The van der Waals surface area contributed by atoms with Crippen LogP contribution >= 0.6 is 12.2 Å². The van der Waals surface area contributed by atoms with Crippen LogP contribution in [0.3, 0.4) is 0 Å². The number of rotatable bonds is 3. The fraction of sp³-hybridized carbons (Fsp3) is 0.0714. The minimum atomic E-state index is -0.406. The predicted molar refractivity (Wildman–Crippen MR) is 77.2 cm³/mol. The lowest BCUT2D eigenvalue weighted by Gasteiger charge is -2.03. The number of benzene rings is 2. The van der Waals surface area contributed by atoms with E-state index in [1.165, 1.54) is 6.07 Å². The summed E-state index contributed by atoms with van der Waals surface area (Å²) in [5.41, 5.74) is 2.47. The third-order valence-corrected chi connectivity index (χ3v) is 3.34. The Balaban J connectivity index is 2.05. The monoisotopic (exact) mass is 286 g/mol. The summed E-state index contributed by atoms with van der Waals surface area (Å²) in [5.74, 6) is 0. The SMILES string of the molecule is O=[N+]([O-])c1cccc(Cn2c(=S)oc3ccccc32)c1. The molecule has 0 spiro atoms. The first-order valence-corrected chi connectivity index (χ1v) is 6.38. The molecule has 6 heteroatoms. The van der Waals surface area contributed by atoms with Gasteiger partial charge < -0.3 is 4.42 Å². The Bertz CT molecular complexity index is 851. The molecule has 0 aliphatic heterocycles. The van der Waals surface area contributed by atoms with Crippen molar-refractivity contribution in [2.24, 2.45) is 0 Å². The third kappa shape index (κ3) is 2.21. The molecule has 1 aromatic heterocycles. The van der Waals surface area contributed by atoms with Crippen molar-refractivity contribution in [2.45, 2.75) is 6.54 Å². The highest BCUT2D eigenvalue weighted by molar-refractivity contribution is 7.71. The van der Waals surface area contributed by atoms with Crippen LogP contribution in [0.4, 0.5) is 5.69 Å². The number of nitro groups is 1. The summed E-state index contributed by atoms with van der Waals surface area (Å²) in [6.45, 7) is 0.442. The highest BCUT2D eigenvalue weighted by atomic mass is 32.1. The van der Waals surface area contributed by atoms with Gasteiger partial charge in [-0.15, -0.1) is 0 Å². The first-order valence-electron chi connectivity index (χ1n) is 5.97. The zero-order valence-corrected chi connectivity index (χ0v) is 11.2. The van der Waals surface area contributed by atoms with Crippen LogP contribution in [0.15, 0.2) is 52.9 Å². The van der Waals surface area contributed by atoms with Gasteiger partial charge in [-0.1, -0.05) is 24.3 Å². The van der Waals surface area contributed by atoms with E-state index in [1.54, 1.807) is 12.1 Å². The van der Waals surface area contributed by atoms with E-state index in [1.807, 2.05) is 34.9 Å². The van der Waals surface area contributed by atoms with Crippen molar-refractivity contribution < 1.29 is 9.34 Å². The molecule has 20 heavy (non-hydrogen) atoms. The Morgan fingerprint density at radius 2 is 2.00 bits per heavy atom. The van der Waals surface area contributed by atoms with Crippen LogP contribution in [-0.4, -0.2) is 9.49 Å². The topological polar surface area (TPSA) is 61.2 Å². The molecule has 0 amide bonds.